The van der Waals surface area contributed by atoms with Crippen LogP contribution in [-0.4, -0.2) is 30.0 Å². The number of hydrogen-bond acceptors (Lipinski definition) is 7. The number of amides is 1. The van der Waals surface area contributed by atoms with Gasteiger partial charge in [-0.05, 0) is 52.5 Å². The van der Waals surface area contributed by atoms with E-state index in [-0.39, 0.29) is 29.5 Å². The molecule has 0 aliphatic heterocycles. The van der Waals surface area contributed by atoms with Crippen molar-refractivity contribution in [3.63, 3.8) is 0 Å². The maximum absolute atomic E-state index is 12.7. The lowest BCUT2D eigenvalue weighted by Gasteiger charge is -2.11. The molecule has 0 atom stereocenters. The Labute approximate surface area is 209 Å². The van der Waals surface area contributed by atoms with Crippen molar-refractivity contribution in [2.24, 2.45) is 0 Å². The molecular weight excluding hydrogens is 524 g/mol. The number of nitro groups is 1. The first-order valence-electron chi connectivity index (χ1n) is 10.6. The number of nitro benzene ring substituents is 1. The number of benzene rings is 2. The van der Waals surface area contributed by atoms with Crippen LogP contribution in [0.4, 0.5) is 10.7 Å². The molecule has 0 bridgehead atoms. The molecule has 0 unspecified atom stereocenters. The molecule has 1 amide bonds. The van der Waals surface area contributed by atoms with Gasteiger partial charge in [0.05, 0.1) is 16.0 Å². The van der Waals surface area contributed by atoms with Gasteiger partial charge in [0.25, 0.3) is 11.6 Å². The summed E-state index contributed by atoms with van der Waals surface area (Å²) < 4.78 is 11.6. The van der Waals surface area contributed by atoms with Gasteiger partial charge in [-0.1, -0.05) is 31.5 Å². The number of non-ortho nitro benzene ring substituents is 1. The molecule has 3 rings (SSSR count). The average Bonchev–Trinajstić information content (AvgIpc) is 3.22. The molecule has 0 aliphatic carbocycles. The molecule has 0 aliphatic rings. The van der Waals surface area contributed by atoms with Crippen molar-refractivity contribution < 1.29 is 24.0 Å². The molecule has 1 N–H and O–H groups in total. The molecule has 10 heteroatoms. The lowest BCUT2D eigenvalue weighted by atomic mass is 10.0. The number of hydrogen-bond donors (Lipinski definition) is 1. The Balaban J connectivity index is 1.80. The van der Waals surface area contributed by atoms with Gasteiger partial charge in [0.2, 0.25) is 0 Å². The van der Waals surface area contributed by atoms with E-state index in [1.807, 2.05) is 12.1 Å². The van der Waals surface area contributed by atoms with Crippen LogP contribution in [-0.2, 0) is 16.0 Å². The molecule has 34 heavy (non-hydrogen) atoms. The summed E-state index contributed by atoms with van der Waals surface area (Å²) in [5.41, 5.74) is 2.12. The SMILES string of the molecule is CCCc1ccc(OCC(=O)Nc2scc(-c3cccc([N+](=O)[O-])c3)c2C(=O)OCC)c(Br)c1. The van der Waals surface area contributed by atoms with Crippen LogP contribution in [0.15, 0.2) is 52.3 Å². The highest BCUT2D eigenvalue weighted by atomic mass is 79.9. The Hall–Kier alpha value is -3.24. The van der Waals surface area contributed by atoms with Gasteiger partial charge >= 0.3 is 5.97 Å². The molecule has 8 nitrogen and oxygen atoms in total. The smallest absolute Gasteiger partial charge is 0.341 e. The Bertz CT molecular complexity index is 1210. The molecule has 3 aromatic rings. The summed E-state index contributed by atoms with van der Waals surface area (Å²) in [5, 5.41) is 15.8. The van der Waals surface area contributed by atoms with E-state index in [1.165, 1.54) is 18.2 Å². The van der Waals surface area contributed by atoms with E-state index in [0.717, 1.165) is 34.2 Å². The van der Waals surface area contributed by atoms with E-state index >= 15 is 0 Å². The van der Waals surface area contributed by atoms with Crippen LogP contribution in [0.3, 0.4) is 0 Å². The van der Waals surface area contributed by atoms with Gasteiger partial charge < -0.3 is 14.8 Å². The normalized spacial score (nSPS) is 10.6. The number of ether oxygens (including phenoxy) is 2. The van der Waals surface area contributed by atoms with E-state index in [4.69, 9.17) is 9.47 Å². The third-order valence-corrected chi connectivity index (χ3v) is 6.30. The number of carbonyl (C=O) groups excluding carboxylic acids is 2. The summed E-state index contributed by atoms with van der Waals surface area (Å²) in [6, 6.07) is 11.6. The Morgan fingerprint density at radius 3 is 2.65 bits per heavy atom. The topological polar surface area (TPSA) is 108 Å². The van der Waals surface area contributed by atoms with Crippen molar-refractivity contribution >= 4 is 49.8 Å². The minimum atomic E-state index is -0.629. The fraction of sp³-hybridized carbons (Fsp3) is 0.250. The second kappa shape index (κ2) is 11.8. The third-order valence-electron chi connectivity index (χ3n) is 4.79. The highest BCUT2D eigenvalue weighted by Crippen LogP contribution is 2.37. The first-order valence-corrected chi connectivity index (χ1v) is 12.3. The molecule has 0 saturated heterocycles. The second-order valence-electron chi connectivity index (χ2n) is 7.23. The number of thiophene rings is 1. The van der Waals surface area contributed by atoms with Crippen LogP contribution in [0.5, 0.6) is 5.75 Å². The predicted molar refractivity (Wildman–Crippen MR) is 135 cm³/mol. The van der Waals surface area contributed by atoms with Crippen LogP contribution in [0.25, 0.3) is 11.1 Å². The van der Waals surface area contributed by atoms with E-state index in [0.29, 0.717) is 16.9 Å². The number of anilines is 1. The van der Waals surface area contributed by atoms with Gasteiger partial charge in [0.1, 0.15) is 16.3 Å². The molecule has 0 fully saturated rings. The minimum absolute atomic E-state index is 0.104. The summed E-state index contributed by atoms with van der Waals surface area (Å²) in [6.07, 6.45) is 1.97. The number of carbonyl (C=O) groups is 2. The lowest BCUT2D eigenvalue weighted by Crippen LogP contribution is -2.21. The number of rotatable bonds is 10. The van der Waals surface area contributed by atoms with Gasteiger partial charge in [-0.25, -0.2) is 4.79 Å². The summed E-state index contributed by atoms with van der Waals surface area (Å²) in [5.74, 6) is -0.553. The van der Waals surface area contributed by atoms with Gasteiger partial charge in [-0.15, -0.1) is 11.3 Å². The van der Waals surface area contributed by atoms with Gasteiger partial charge in [0, 0.05) is 23.1 Å². The quantitative estimate of drug-likeness (QED) is 0.183. The largest absolute Gasteiger partial charge is 0.483 e. The Kier molecular flexibility index (Phi) is 8.78. The summed E-state index contributed by atoms with van der Waals surface area (Å²) in [4.78, 5) is 35.9. The summed E-state index contributed by atoms with van der Waals surface area (Å²) in [6.45, 7) is 3.65. The molecule has 178 valence electrons. The highest BCUT2D eigenvalue weighted by molar-refractivity contribution is 9.10. The number of nitrogens with one attached hydrogen (secondary N) is 1. The maximum Gasteiger partial charge on any atom is 0.341 e. The van der Waals surface area contributed by atoms with Crippen molar-refractivity contribution in [1.82, 2.24) is 0 Å². The summed E-state index contributed by atoms with van der Waals surface area (Å²) >= 11 is 4.60. The van der Waals surface area contributed by atoms with Crippen molar-refractivity contribution in [1.29, 1.82) is 0 Å². The zero-order chi connectivity index (χ0) is 24.7. The molecule has 1 heterocycles. The van der Waals surface area contributed by atoms with E-state index in [2.05, 4.69) is 28.2 Å². The monoisotopic (exact) mass is 546 g/mol. The Morgan fingerprint density at radius 1 is 1.18 bits per heavy atom. The minimum Gasteiger partial charge on any atom is -0.483 e. The number of halogens is 1. The van der Waals surface area contributed by atoms with Crippen LogP contribution in [0.1, 0.15) is 36.2 Å². The predicted octanol–water partition coefficient (Wildman–Crippen LogP) is 6.23. The van der Waals surface area contributed by atoms with Gasteiger partial charge in [0.15, 0.2) is 6.61 Å². The van der Waals surface area contributed by atoms with E-state index in [1.54, 1.807) is 24.4 Å². The lowest BCUT2D eigenvalue weighted by molar-refractivity contribution is -0.384. The van der Waals surface area contributed by atoms with Gasteiger partial charge in [-0.2, -0.15) is 0 Å². The molecule has 1 aromatic heterocycles. The average molecular weight is 547 g/mol. The third kappa shape index (κ3) is 6.21. The zero-order valence-corrected chi connectivity index (χ0v) is 21.0. The van der Waals surface area contributed by atoms with E-state index < -0.39 is 16.8 Å². The Morgan fingerprint density at radius 2 is 1.97 bits per heavy atom. The maximum atomic E-state index is 12.7. The first kappa shape index (κ1) is 25.4. The highest BCUT2D eigenvalue weighted by Gasteiger charge is 2.24. The molecule has 0 saturated carbocycles. The van der Waals surface area contributed by atoms with Crippen LogP contribution >= 0.6 is 27.3 Å². The van der Waals surface area contributed by atoms with Crippen molar-refractivity contribution in [2.75, 3.05) is 18.5 Å². The van der Waals surface area contributed by atoms with Crippen molar-refractivity contribution in [3.8, 4) is 16.9 Å². The second-order valence-corrected chi connectivity index (χ2v) is 8.97. The number of esters is 1. The van der Waals surface area contributed by atoms with Crippen molar-refractivity contribution in [2.45, 2.75) is 26.7 Å². The van der Waals surface area contributed by atoms with Crippen LogP contribution in [0, 0.1) is 10.1 Å². The first-order chi connectivity index (χ1) is 16.3. The van der Waals surface area contributed by atoms with Crippen LogP contribution < -0.4 is 10.1 Å². The molecule has 0 radical (unpaired) electrons. The van der Waals surface area contributed by atoms with E-state index in [9.17, 15) is 19.7 Å². The fourth-order valence-corrected chi connectivity index (χ4v) is 4.78. The standard InChI is InChI=1S/C24H23BrN2O6S/c1-3-6-15-9-10-20(19(25)11-15)33-13-21(28)26-23-22(24(29)32-4-2)18(14-34-23)16-7-5-8-17(12-16)27(30)31/h5,7-12,14H,3-4,6,13H2,1-2H3,(H,26,28). The number of aryl methyl sites for hydroxylation is 1. The fourth-order valence-electron chi connectivity index (χ4n) is 3.27. The van der Waals surface area contributed by atoms with Crippen molar-refractivity contribution in [3.05, 3.63) is 73.6 Å². The molecule has 2 aromatic carbocycles. The van der Waals surface area contributed by atoms with Crippen LogP contribution in [0.2, 0.25) is 0 Å². The summed E-state index contributed by atoms with van der Waals surface area (Å²) in [7, 11) is 0. The molecular formula is C24H23BrN2O6S. The zero-order valence-electron chi connectivity index (χ0n) is 18.6. The molecule has 0 spiro atoms. The number of nitrogens with zero attached hydrogens (tertiary/aromatic N) is 1. The van der Waals surface area contributed by atoms with Gasteiger partial charge in [-0.3, -0.25) is 14.9 Å².